The van der Waals surface area contributed by atoms with E-state index in [0.717, 1.165) is 0 Å². The van der Waals surface area contributed by atoms with Crippen molar-refractivity contribution >= 4 is 7.82 Å². The van der Waals surface area contributed by atoms with Crippen molar-refractivity contribution in [2.45, 2.75) is 19.5 Å². The summed E-state index contributed by atoms with van der Waals surface area (Å²) in [6.07, 6.45) is -3.70. The summed E-state index contributed by atoms with van der Waals surface area (Å²) in [6.45, 7) is 1.45. The van der Waals surface area contributed by atoms with Crippen LogP contribution < -0.4 is 51.4 Å². The number of rotatable bonds is 1. The van der Waals surface area contributed by atoms with E-state index in [9.17, 15) is 13.2 Å². The second kappa shape index (κ2) is 8.81. The number of hydrogen-bond donors (Lipinski definition) is 3. The Kier molecular flexibility index (Phi) is 13.6. The summed E-state index contributed by atoms with van der Waals surface area (Å²) >= 11 is 0. The van der Waals surface area contributed by atoms with Crippen molar-refractivity contribution in [1.29, 1.82) is 0 Å². The molecule has 0 amide bonds. The first-order valence-electron chi connectivity index (χ1n) is 2.75. The van der Waals surface area contributed by atoms with E-state index in [-0.39, 0.29) is 57.8 Å². The first-order chi connectivity index (χ1) is 5.06. The zero-order valence-corrected chi connectivity index (χ0v) is 11.1. The van der Waals surface area contributed by atoms with E-state index < -0.39 is 14.0 Å². The van der Waals surface area contributed by atoms with Crippen LogP contribution in [-0.4, -0.2) is 20.9 Å². The van der Waals surface area contributed by atoms with Crippen LogP contribution in [0, 0.1) is 6.42 Å². The monoisotopic (exact) mass is 248 g/mol. The van der Waals surface area contributed by atoms with Gasteiger partial charge in [0.25, 0.3) is 6.18 Å². The second-order valence-electron chi connectivity index (χ2n) is 1.67. The average Bonchev–Trinajstić information content (AvgIpc) is 1.54. The molecule has 0 rings (SSSR count). The Morgan fingerprint density at radius 1 is 1.31 bits per heavy atom. The van der Waals surface area contributed by atoms with Crippen molar-refractivity contribution < 1.29 is 83.8 Å². The fourth-order valence-corrected chi connectivity index (χ4v) is 0.231. The average molecular weight is 248 g/mol. The van der Waals surface area contributed by atoms with Crippen LogP contribution in [0.5, 0.6) is 0 Å². The van der Waals surface area contributed by atoms with E-state index in [4.69, 9.17) is 19.2 Å². The molecule has 76 valence electrons. The Hall–Kier alpha value is 1.54. The smallest absolute Gasteiger partial charge is 0.303 e. The van der Waals surface area contributed by atoms with Gasteiger partial charge in [-0.05, 0) is 0 Å². The molecule has 0 heterocycles. The molecule has 13 heavy (non-hydrogen) atoms. The summed E-state index contributed by atoms with van der Waals surface area (Å²) < 4.78 is 41.9. The molecule has 0 radical (unpaired) electrons. The van der Waals surface area contributed by atoms with Gasteiger partial charge >= 0.3 is 59.2 Å². The van der Waals surface area contributed by atoms with Gasteiger partial charge in [-0.2, -0.15) is 6.42 Å². The maximum absolute atomic E-state index is 11.0. The molecule has 4 nitrogen and oxygen atoms in total. The molecule has 0 fully saturated rings. The summed E-state index contributed by atoms with van der Waals surface area (Å²) in [4.78, 5) is 21.6. The van der Waals surface area contributed by atoms with Crippen molar-refractivity contribution in [1.82, 2.24) is 0 Å². The van der Waals surface area contributed by atoms with Crippen LogP contribution in [0.3, 0.4) is 0 Å². The van der Waals surface area contributed by atoms with Crippen LogP contribution >= 0.6 is 7.82 Å². The molecule has 0 aromatic rings. The van der Waals surface area contributed by atoms with E-state index in [1.54, 1.807) is 0 Å². The van der Waals surface area contributed by atoms with Crippen LogP contribution in [0.15, 0.2) is 0 Å². The van der Waals surface area contributed by atoms with Crippen molar-refractivity contribution in [3.8, 4) is 0 Å². The molecule has 0 unspecified atom stereocenters. The van der Waals surface area contributed by atoms with Gasteiger partial charge in [-0.15, -0.1) is 0 Å². The summed E-state index contributed by atoms with van der Waals surface area (Å²) in [7, 11) is -4.64. The fourth-order valence-electron chi connectivity index (χ4n) is 0.231. The van der Waals surface area contributed by atoms with Crippen molar-refractivity contribution in [2.75, 3.05) is 0 Å². The summed E-state index contributed by atoms with van der Waals surface area (Å²) in [5, 5.41) is 0. The molecule has 3 N–H and O–H groups in total. The van der Waals surface area contributed by atoms with Crippen molar-refractivity contribution in [3.63, 3.8) is 0 Å². The first-order valence-corrected chi connectivity index (χ1v) is 4.32. The van der Waals surface area contributed by atoms with Crippen molar-refractivity contribution in [3.05, 3.63) is 6.42 Å². The minimum absolute atomic E-state index is 0. The zero-order chi connectivity index (χ0) is 10.4. The summed E-state index contributed by atoms with van der Waals surface area (Å²) in [5.74, 6) is 0. The third-order valence-electron chi connectivity index (χ3n) is 0.436. The third kappa shape index (κ3) is 58.8. The van der Waals surface area contributed by atoms with Gasteiger partial charge in [0.2, 0.25) is 0 Å². The number of alkyl halides is 3. The van der Waals surface area contributed by atoms with Crippen LogP contribution in [0.2, 0.25) is 0 Å². The molecule has 0 aromatic heterocycles. The molecule has 0 aliphatic carbocycles. The summed E-state index contributed by atoms with van der Waals surface area (Å²) in [5.41, 5.74) is 0. The third-order valence-corrected chi connectivity index (χ3v) is 0.436. The molecular weight excluding hydrogens is 239 g/mol. The van der Waals surface area contributed by atoms with Gasteiger partial charge < -0.3 is 14.7 Å². The maximum atomic E-state index is 11.0. The first kappa shape index (κ1) is 20.0. The van der Waals surface area contributed by atoms with Gasteiger partial charge in [-0.3, -0.25) is 0 Å². The van der Waals surface area contributed by atoms with Gasteiger partial charge in [-0.1, -0.05) is 6.92 Å². The van der Waals surface area contributed by atoms with Crippen LogP contribution in [0.1, 0.15) is 13.3 Å². The van der Waals surface area contributed by atoms with Crippen LogP contribution in [0.4, 0.5) is 13.2 Å². The Balaban J connectivity index is -0.000000150. The molecule has 0 spiro atoms. The minimum atomic E-state index is -4.64. The van der Waals surface area contributed by atoms with Crippen LogP contribution in [0.25, 0.3) is 0 Å². The van der Waals surface area contributed by atoms with Gasteiger partial charge in [0.15, 0.2) is 0 Å². The number of phosphoric acid groups is 1. The minimum Gasteiger partial charge on any atom is -0.303 e. The maximum Gasteiger partial charge on any atom is 1.00 e. The molecule has 0 aliphatic heterocycles. The molecule has 9 heteroatoms. The predicted molar refractivity (Wildman–Crippen MR) is 34.9 cm³/mol. The quantitative estimate of drug-likeness (QED) is 0.292. The second-order valence-corrected chi connectivity index (χ2v) is 2.69. The fraction of sp³-hybridized carbons (Fsp3) is 0.750. The molecule has 0 bridgehead atoms. The van der Waals surface area contributed by atoms with E-state index in [2.05, 4.69) is 0 Å². The van der Waals surface area contributed by atoms with Gasteiger partial charge in [0.05, 0.1) is 0 Å². The van der Waals surface area contributed by atoms with Crippen LogP contribution in [-0.2, 0) is 4.57 Å². The Morgan fingerprint density at radius 2 is 1.54 bits per heavy atom. The molecule has 0 aliphatic rings. The van der Waals surface area contributed by atoms with Gasteiger partial charge in [-0.25, -0.2) is 24.2 Å². The predicted octanol–water partition coefficient (Wildman–Crippen LogP) is -1.76. The van der Waals surface area contributed by atoms with Gasteiger partial charge in [0, 0.05) is 0 Å². The van der Waals surface area contributed by atoms with E-state index in [0.29, 0.717) is 6.42 Å². The van der Waals surface area contributed by atoms with Gasteiger partial charge in [0.1, 0.15) is 0 Å². The Bertz CT molecular complexity index is 148. The van der Waals surface area contributed by atoms with E-state index in [1.807, 2.05) is 0 Å². The Morgan fingerprint density at radius 3 is 1.54 bits per heavy atom. The topological polar surface area (TPSA) is 77.8 Å². The number of hydrogen-bond acceptors (Lipinski definition) is 1. The molecule has 0 saturated heterocycles. The number of halogens is 3. The van der Waals surface area contributed by atoms with Crippen molar-refractivity contribution in [2.24, 2.45) is 0 Å². The molecular formula is C4H9F3KO4P. The SMILES string of the molecule is CC[CH-]C(F)(F)F.O=P(O)(O)O.[K+]. The molecule has 0 atom stereocenters. The van der Waals surface area contributed by atoms with E-state index in [1.165, 1.54) is 6.92 Å². The molecule has 0 aromatic carbocycles. The molecule has 0 saturated carbocycles. The normalized spacial score (nSPS) is 11.0. The Labute approximate surface area is 116 Å². The largest absolute Gasteiger partial charge is 1.00 e. The standard InChI is InChI=1S/C4H6F3.K.H3O4P/c1-2-3-4(5,6)7;;1-5(2,3)4/h3H,2H2,1H3;;(H3,1,2,3,4)/q-1;+1;. The van der Waals surface area contributed by atoms with E-state index >= 15 is 0 Å². The zero-order valence-electron chi connectivity index (χ0n) is 7.12. The summed E-state index contributed by atoms with van der Waals surface area (Å²) in [6, 6.07) is 0.